The topological polar surface area (TPSA) is 178 Å². The van der Waals surface area contributed by atoms with Gasteiger partial charge in [-0.25, -0.2) is 18.3 Å². The largest absolute Gasteiger partial charge is 1.00 e. The summed E-state index contributed by atoms with van der Waals surface area (Å²) in [7, 11) is -6.25. The third-order valence-corrected chi connectivity index (χ3v) is 3.19. The molecule has 14 heteroatoms. The number of rotatable bonds is 6. The van der Waals surface area contributed by atoms with Gasteiger partial charge in [0, 0.05) is 20.8 Å². The first-order valence-corrected chi connectivity index (χ1v) is 11.7. The summed E-state index contributed by atoms with van der Waals surface area (Å²) in [5, 5.41) is 0. The van der Waals surface area contributed by atoms with Crippen LogP contribution in [-0.4, -0.2) is 44.2 Å². The zero-order valence-corrected chi connectivity index (χ0v) is 19.2. The minimum atomic E-state index is -5.17. The van der Waals surface area contributed by atoms with E-state index in [1.807, 2.05) is 14.1 Å². The van der Waals surface area contributed by atoms with Crippen LogP contribution in [0, 0.1) is 0 Å². The minimum absolute atomic E-state index is 0. The Labute approximate surface area is 181 Å². The van der Waals surface area contributed by atoms with Gasteiger partial charge in [-0.3, -0.25) is 16.8 Å². The summed E-state index contributed by atoms with van der Waals surface area (Å²) in [5.74, 6) is 0. The fourth-order valence-corrected chi connectivity index (χ4v) is 1.95. The summed E-state index contributed by atoms with van der Waals surface area (Å²) in [5.41, 5.74) is 0. The van der Waals surface area contributed by atoms with Gasteiger partial charge in [0.2, 0.25) is 12.7 Å². The third-order valence-electron chi connectivity index (χ3n) is 3.19. The lowest BCUT2D eigenvalue weighted by Crippen LogP contribution is -2.23. The average molecular weight is 473 g/mol. The summed E-state index contributed by atoms with van der Waals surface area (Å²) in [6.45, 7) is 6.72. The zero-order chi connectivity index (χ0) is 23.8. The van der Waals surface area contributed by atoms with Crippen molar-refractivity contribution in [1.29, 1.82) is 0 Å². The molecule has 2 aromatic rings. The lowest BCUT2D eigenvalue weighted by molar-refractivity contribution is -0.671. The van der Waals surface area contributed by atoms with Crippen LogP contribution in [0.1, 0.15) is 42.4 Å². The standard InChI is InChI=1S/2C8H15N2.2H2O4S/c2*1-3-4-5-10-7-6-9(2)8-10;2*1-5(2,3)4/h2*6-8H,3-5H2,1-2H3;2*(H2,1,2,3,4)/q2*+1;;/p-2. The van der Waals surface area contributed by atoms with Crippen molar-refractivity contribution in [3.8, 4) is 0 Å². The van der Waals surface area contributed by atoms with Crippen LogP contribution in [0.25, 0.3) is 0 Å². The van der Waals surface area contributed by atoms with Crippen LogP contribution in [0.5, 0.6) is 0 Å². The molecule has 0 saturated carbocycles. The average Bonchev–Trinajstić information content (AvgIpc) is 3.16. The highest BCUT2D eigenvalue weighted by Crippen LogP contribution is 1.92. The summed E-state index contributed by atoms with van der Waals surface area (Å²) in [4.78, 5) is 0. The highest BCUT2D eigenvalue weighted by Gasteiger charge is 1.97. The van der Waals surface area contributed by atoms with Crippen molar-refractivity contribution in [2.24, 2.45) is 14.1 Å². The molecule has 0 aliphatic carbocycles. The summed E-state index contributed by atoms with van der Waals surface area (Å²) in [6.07, 6.45) is 17.6. The Morgan fingerprint density at radius 2 is 1.00 bits per heavy atom. The second-order valence-corrected chi connectivity index (χ2v) is 7.79. The Hall–Kier alpha value is -1.84. The molecule has 0 spiro atoms. The van der Waals surface area contributed by atoms with E-state index in [1.165, 1.54) is 25.7 Å². The SMILES string of the molecule is CCCCn1cc[n+](C)c1.CCCCn1cc[n+](C)c1.O=S(=O)([O-])[O-].O=S(=O)([O-])[O-].[H+].[H+]. The lowest BCUT2D eigenvalue weighted by Gasteiger charge is -2.06. The van der Waals surface area contributed by atoms with Gasteiger partial charge < -0.3 is 18.2 Å². The fraction of sp³-hybridized carbons (Fsp3) is 0.625. The molecule has 0 unspecified atom stereocenters. The number of unbranched alkanes of at least 4 members (excludes halogenated alkanes) is 2. The van der Waals surface area contributed by atoms with E-state index in [4.69, 9.17) is 35.0 Å². The van der Waals surface area contributed by atoms with Gasteiger partial charge >= 0.3 is 2.85 Å². The van der Waals surface area contributed by atoms with Crippen LogP contribution in [-0.2, 0) is 48.0 Å². The zero-order valence-electron chi connectivity index (χ0n) is 19.6. The van der Waals surface area contributed by atoms with E-state index in [0.29, 0.717) is 0 Å². The van der Waals surface area contributed by atoms with Crippen LogP contribution in [0.15, 0.2) is 37.4 Å². The Kier molecular flexibility index (Phi) is 16.1. The molecule has 30 heavy (non-hydrogen) atoms. The van der Waals surface area contributed by atoms with E-state index < -0.39 is 20.8 Å². The summed E-state index contributed by atoms with van der Waals surface area (Å²) < 4.78 is 76.7. The molecule has 0 N–H and O–H groups in total. The maximum absolute atomic E-state index is 8.52. The van der Waals surface area contributed by atoms with Gasteiger partial charge in [0.25, 0.3) is 0 Å². The molecule has 0 aliphatic heterocycles. The molecule has 0 atom stereocenters. The molecule has 0 fully saturated rings. The molecule has 0 bridgehead atoms. The van der Waals surface area contributed by atoms with Crippen molar-refractivity contribution in [2.45, 2.75) is 52.6 Å². The van der Waals surface area contributed by atoms with Crippen LogP contribution in [0.3, 0.4) is 0 Å². The first-order chi connectivity index (χ1) is 13.7. The van der Waals surface area contributed by atoms with Crippen molar-refractivity contribution in [2.75, 3.05) is 0 Å². The Morgan fingerprint density at radius 1 is 0.733 bits per heavy atom. The maximum Gasteiger partial charge on any atom is 1.00 e. The van der Waals surface area contributed by atoms with Gasteiger partial charge in [0.05, 0.1) is 27.2 Å². The van der Waals surface area contributed by atoms with E-state index in [1.54, 1.807) is 0 Å². The normalized spacial score (nSPS) is 10.7. The predicted molar refractivity (Wildman–Crippen MR) is 104 cm³/mol. The molecule has 2 aromatic heterocycles. The van der Waals surface area contributed by atoms with Crippen LogP contribution in [0.4, 0.5) is 0 Å². The third kappa shape index (κ3) is 28.4. The molecule has 12 nitrogen and oxygen atoms in total. The molecular formula is C16H32N4O8S2. The highest BCUT2D eigenvalue weighted by atomic mass is 32.3. The molecule has 2 rings (SSSR count). The second kappa shape index (κ2) is 15.9. The first kappa shape index (κ1) is 30.4. The van der Waals surface area contributed by atoms with E-state index in [9.17, 15) is 0 Å². The molecule has 0 saturated heterocycles. The minimum Gasteiger partial charge on any atom is -0.759 e. The number of aryl methyl sites for hydroxylation is 4. The second-order valence-electron chi connectivity index (χ2n) is 6.16. The van der Waals surface area contributed by atoms with Gasteiger partial charge in [-0.05, 0) is 12.8 Å². The van der Waals surface area contributed by atoms with E-state index in [-0.39, 0.29) is 2.85 Å². The van der Waals surface area contributed by atoms with Crippen molar-refractivity contribution in [3.63, 3.8) is 0 Å². The van der Waals surface area contributed by atoms with Crippen molar-refractivity contribution in [1.82, 2.24) is 9.13 Å². The quantitative estimate of drug-likeness (QED) is 0.314. The number of hydrogen-bond donors (Lipinski definition) is 0. The Bertz CT molecular complexity index is 813. The lowest BCUT2D eigenvalue weighted by atomic mass is 10.3. The van der Waals surface area contributed by atoms with Crippen molar-refractivity contribution >= 4 is 20.8 Å². The van der Waals surface area contributed by atoms with E-state index >= 15 is 0 Å². The fourth-order valence-electron chi connectivity index (χ4n) is 1.95. The van der Waals surface area contributed by atoms with Gasteiger partial charge in [-0.2, -0.15) is 0 Å². The Balaban J connectivity index is -0.000000169. The molecule has 0 aromatic carbocycles. The van der Waals surface area contributed by atoms with Crippen LogP contribution < -0.4 is 9.13 Å². The first-order valence-electron chi connectivity index (χ1n) is 9.01. The maximum atomic E-state index is 8.52. The molecule has 0 aliphatic rings. The smallest absolute Gasteiger partial charge is 0.759 e. The van der Waals surface area contributed by atoms with Gasteiger partial charge in [-0.15, -0.1) is 0 Å². The number of nitrogens with zero attached hydrogens (tertiary/aromatic N) is 4. The predicted octanol–water partition coefficient (Wildman–Crippen LogP) is -0.226. The van der Waals surface area contributed by atoms with Crippen molar-refractivity contribution < 1.29 is 47.0 Å². The van der Waals surface area contributed by atoms with Gasteiger partial charge in [0.1, 0.15) is 24.8 Å². The van der Waals surface area contributed by atoms with Crippen LogP contribution in [0.2, 0.25) is 0 Å². The monoisotopic (exact) mass is 472 g/mol. The molecule has 0 radical (unpaired) electrons. The summed E-state index contributed by atoms with van der Waals surface area (Å²) >= 11 is 0. The van der Waals surface area contributed by atoms with E-state index in [2.05, 4.69) is 69.6 Å². The number of hydrogen-bond acceptors (Lipinski definition) is 8. The van der Waals surface area contributed by atoms with Gasteiger partial charge in [-0.1, -0.05) is 26.7 Å². The molecular weight excluding hydrogens is 440 g/mol. The Morgan fingerprint density at radius 3 is 1.17 bits per heavy atom. The number of imidazole rings is 2. The molecule has 176 valence electrons. The molecule has 0 amide bonds. The van der Waals surface area contributed by atoms with E-state index in [0.717, 1.165) is 13.1 Å². The highest BCUT2D eigenvalue weighted by molar-refractivity contribution is 7.79. The van der Waals surface area contributed by atoms with Crippen LogP contribution >= 0.6 is 0 Å². The number of aromatic nitrogens is 4. The van der Waals surface area contributed by atoms with Gasteiger partial charge in [0.15, 0.2) is 0 Å². The van der Waals surface area contributed by atoms with Crippen molar-refractivity contribution in [3.05, 3.63) is 37.4 Å². The summed E-state index contributed by atoms with van der Waals surface area (Å²) in [6, 6.07) is 0. The molecule has 2 heterocycles.